The first-order valence-electron chi connectivity index (χ1n) is 14.0. The molecule has 0 atom stereocenters. The molecule has 0 amide bonds. The zero-order valence-electron chi connectivity index (χ0n) is 22.4. The Morgan fingerprint density at radius 3 is 1.90 bits per heavy atom. The van der Waals surface area contributed by atoms with Crippen LogP contribution < -0.4 is 4.74 Å². The Morgan fingerprint density at radius 2 is 1.17 bits per heavy atom. The van der Waals surface area contributed by atoms with Crippen molar-refractivity contribution in [2.45, 2.75) is 0 Å². The van der Waals surface area contributed by atoms with Gasteiger partial charge in [0, 0.05) is 32.8 Å². The Kier molecular flexibility index (Phi) is 4.83. The van der Waals surface area contributed by atoms with Gasteiger partial charge in [0.1, 0.15) is 11.3 Å². The maximum absolute atomic E-state index is 6.79. The van der Waals surface area contributed by atoms with E-state index >= 15 is 0 Å². The smallest absolute Gasteiger partial charge is 0.238 e. The Bertz CT molecular complexity index is 2260. The standard InChI is InChI=1S/C37H22N4O/c1-3-11-24(12-4-1)35-38-36(25-13-5-2-6-14-25)40-37(39-35)41-30-19-8-7-17-26(30)28-21-22-29-27-18-9-15-23-16-10-20-31(32(23)27)42-34(29)33(28)41/h1-22H. The predicted octanol–water partition coefficient (Wildman–Crippen LogP) is 9.23. The molecule has 2 aromatic heterocycles. The van der Waals surface area contributed by atoms with Crippen molar-refractivity contribution in [2.24, 2.45) is 0 Å². The lowest BCUT2D eigenvalue weighted by Crippen LogP contribution is -2.07. The van der Waals surface area contributed by atoms with Crippen LogP contribution in [0.3, 0.4) is 0 Å². The van der Waals surface area contributed by atoms with Crippen molar-refractivity contribution < 1.29 is 4.74 Å². The number of benzene rings is 6. The summed E-state index contributed by atoms with van der Waals surface area (Å²) in [6.07, 6.45) is 0. The van der Waals surface area contributed by atoms with Crippen LogP contribution in [-0.2, 0) is 0 Å². The maximum atomic E-state index is 6.79. The van der Waals surface area contributed by atoms with Gasteiger partial charge in [-0.25, -0.2) is 4.98 Å². The number of rotatable bonds is 3. The summed E-state index contributed by atoms with van der Waals surface area (Å²) in [4.78, 5) is 15.1. The first-order valence-corrected chi connectivity index (χ1v) is 14.0. The van der Waals surface area contributed by atoms with Gasteiger partial charge in [0.15, 0.2) is 17.4 Å². The topological polar surface area (TPSA) is 52.8 Å². The molecule has 0 N–H and O–H groups in total. The second-order valence-electron chi connectivity index (χ2n) is 10.5. The number of hydrogen-bond donors (Lipinski definition) is 0. The fourth-order valence-electron chi connectivity index (χ4n) is 6.17. The van der Waals surface area contributed by atoms with Crippen molar-refractivity contribution in [1.29, 1.82) is 0 Å². The number of para-hydroxylation sites is 1. The van der Waals surface area contributed by atoms with Crippen molar-refractivity contribution >= 4 is 32.6 Å². The van der Waals surface area contributed by atoms with E-state index < -0.39 is 0 Å². The van der Waals surface area contributed by atoms with E-state index in [2.05, 4.69) is 65.2 Å². The second kappa shape index (κ2) is 8.85. The highest BCUT2D eigenvalue weighted by Gasteiger charge is 2.27. The van der Waals surface area contributed by atoms with Gasteiger partial charge < -0.3 is 4.74 Å². The first-order chi connectivity index (χ1) is 20.8. The molecule has 196 valence electrons. The zero-order chi connectivity index (χ0) is 27.6. The molecule has 0 saturated carbocycles. The minimum Gasteiger partial charge on any atom is -0.454 e. The van der Waals surface area contributed by atoms with Crippen LogP contribution in [-0.4, -0.2) is 19.5 Å². The molecule has 0 spiro atoms. The summed E-state index contributed by atoms with van der Waals surface area (Å²) >= 11 is 0. The molecule has 6 aromatic carbocycles. The quantitative estimate of drug-likeness (QED) is 0.225. The number of fused-ring (bicyclic) bond motifs is 6. The van der Waals surface area contributed by atoms with Crippen LogP contribution in [0.15, 0.2) is 133 Å². The van der Waals surface area contributed by atoms with Crippen LogP contribution in [0.25, 0.3) is 72.4 Å². The molecule has 1 aliphatic heterocycles. The van der Waals surface area contributed by atoms with E-state index in [1.165, 1.54) is 0 Å². The van der Waals surface area contributed by atoms with Crippen molar-refractivity contribution in [2.75, 3.05) is 0 Å². The van der Waals surface area contributed by atoms with Gasteiger partial charge in [0.05, 0.1) is 5.52 Å². The zero-order valence-corrected chi connectivity index (χ0v) is 22.4. The van der Waals surface area contributed by atoms with Crippen molar-refractivity contribution in [3.8, 4) is 51.3 Å². The van der Waals surface area contributed by atoms with Gasteiger partial charge in [-0.2, -0.15) is 9.97 Å². The van der Waals surface area contributed by atoms with E-state index in [0.717, 1.165) is 66.3 Å². The van der Waals surface area contributed by atoms with Crippen LogP contribution in [0.1, 0.15) is 0 Å². The average molecular weight is 539 g/mol. The first kappa shape index (κ1) is 22.9. The molecule has 0 bridgehead atoms. The summed E-state index contributed by atoms with van der Waals surface area (Å²) in [6, 6.07) is 45.5. The fourth-order valence-corrected chi connectivity index (χ4v) is 6.17. The molecule has 3 heterocycles. The van der Waals surface area contributed by atoms with Crippen LogP contribution in [0.5, 0.6) is 11.5 Å². The number of aromatic nitrogens is 4. The molecule has 0 unspecified atom stereocenters. The van der Waals surface area contributed by atoms with Gasteiger partial charge in [-0.05, 0) is 29.1 Å². The van der Waals surface area contributed by atoms with Crippen molar-refractivity contribution in [1.82, 2.24) is 19.5 Å². The Labute approximate surface area is 241 Å². The van der Waals surface area contributed by atoms with Gasteiger partial charge in [-0.3, -0.25) is 4.57 Å². The third-order valence-electron chi connectivity index (χ3n) is 8.05. The summed E-state index contributed by atoms with van der Waals surface area (Å²) in [5.41, 5.74) is 6.01. The van der Waals surface area contributed by atoms with Crippen LogP contribution in [0, 0.1) is 0 Å². The summed E-state index contributed by atoms with van der Waals surface area (Å²) in [7, 11) is 0. The third-order valence-corrected chi connectivity index (χ3v) is 8.05. The molecule has 0 saturated heterocycles. The van der Waals surface area contributed by atoms with E-state index in [-0.39, 0.29) is 0 Å². The lowest BCUT2D eigenvalue weighted by molar-refractivity contribution is 0.491. The van der Waals surface area contributed by atoms with Gasteiger partial charge in [-0.1, -0.05) is 115 Å². The van der Waals surface area contributed by atoms with Gasteiger partial charge in [-0.15, -0.1) is 0 Å². The Balaban J connectivity index is 1.40. The van der Waals surface area contributed by atoms with Crippen molar-refractivity contribution in [3.05, 3.63) is 133 Å². The highest BCUT2D eigenvalue weighted by atomic mass is 16.5. The Hall–Kier alpha value is -5.81. The van der Waals surface area contributed by atoms with Crippen molar-refractivity contribution in [3.63, 3.8) is 0 Å². The molecular formula is C37H22N4O. The van der Waals surface area contributed by atoms with E-state index in [9.17, 15) is 0 Å². The Morgan fingerprint density at radius 1 is 0.500 bits per heavy atom. The van der Waals surface area contributed by atoms with E-state index in [4.69, 9.17) is 19.7 Å². The SMILES string of the molecule is c1ccc(-c2nc(-c3ccccc3)nc(-n3c4ccccc4c4ccc5c(c43)Oc3cccc4cccc-5c34)n2)cc1. The van der Waals surface area contributed by atoms with Crippen LogP contribution >= 0.6 is 0 Å². The molecule has 8 aromatic rings. The van der Waals surface area contributed by atoms with E-state index in [0.29, 0.717) is 17.6 Å². The monoisotopic (exact) mass is 538 g/mol. The van der Waals surface area contributed by atoms with Gasteiger partial charge >= 0.3 is 0 Å². The summed E-state index contributed by atoms with van der Waals surface area (Å²) in [5, 5.41) is 4.49. The van der Waals surface area contributed by atoms with Gasteiger partial charge in [0.25, 0.3) is 0 Å². The highest BCUT2D eigenvalue weighted by Crippen LogP contribution is 2.51. The minimum atomic E-state index is 0.544. The number of hydrogen-bond acceptors (Lipinski definition) is 4. The van der Waals surface area contributed by atoms with E-state index in [1.807, 2.05) is 72.8 Å². The van der Waals surface area contributed by atoms with E-state index in [1.54, 1.807) is 0 Å². The summed E-state index contributed by atoms with van der Waals surface area (Å²) in [5.74, 6) is 3.43. The maximum Gasteiger partial charge on any atom is 0.238 e. The largest absolute Gasteiger partial charge is 0.454 e. The molecule has 0 fully saturated rings. The number of nitrogens with zero attached hydrogens (tertiary/aromatic N) is 4. The predicted molar refractivity (Wildman–Crippen MR) is 168 cm³/mol. The second-order valence-corrected chi connectivity index (χ2v) is 10.5. The van der Waals surface area contributed by atoms with Crippen LogP contribution in [0.2, 0.25) is 0 Å². The molecule has 0 aliphatic carbocycles. The van der Waals surface area contributed by atoms with Gasteiger partial charge in [0.2, 0.25) is 5.95 Å². The minimum absolute atomic E-state index is 0.544. The number of ether oxygens (including phenoxy) is 1. The molecule has 9 rings (SSSR count). The summed E-state index contributed by atoms with van der Waals surface area (Å²) < 4.78 is 8.93. The summed E-state index contributed by atoms with van der Waals surface area (Å²) in [6.45, 7) is 0. The fraction of sp³-hybridized carbons (Fsp3) is 0. The highest BCUT2D eigenvalue weighted by molar-refractivity contribution is 6.15. The molecule has 5 heteroatoms. The molecule has 0 radical (unpaired) electrons. The molecule has 42 heavy (non-hydrogen) atoms. The average Bonchev–Trinajstić information content (AvgIpc) is 3.41. The normalized spacial score (nSPS) is 12.0. The molecular weight excluding hydrogens is 516 g/mol. The lowest BCUT2D eigenvalue weighted by atomic mass is 9.94. The third kappa shape index (κ3) is 3.34. The lowest BCUT2D eigenvalue weighted by Gasteiger charge is -2.22. The van der Waals surface area contributed by atoms with Crippen LogP contribution in [0.4, 0.5) is 0 Å². The molecule has 5 nitrogen and oxygen atoms in total. The molecule has 1 aliphatic rings.